The lowest BCUT2D eigenvalue weighted by Crippen LogP contribution is -2.58. The van der Waals surface area contributed by atoms with Gasteiger partial charge in [0, 0.05) is 12.3 Å². The highest BCUT2D eigenvalue weighted by Gasteiger charge is 2.43. The lowest BCUT2D eigenvalue weighted by atomic mass is 9.99. The maximum absolute atomic E-state index is 11.3. The fraction of sp³-hybridized carbons (Fsp3) is 0.900. The number of amides is 1. The predicted octanol–water partition coefficient (Wildman–Crippen LogP) is -3.49. The second kappa shape index (κ2) is 8.46. The van der Waals surface area contributed by atoms with E-state index in [1.165, 1.54) is 0 Å². The number of nitrogens with one attached hydrogen (secondary N) is 1. The molecule has 124 valence electrons. The molecule has 10 nitrogen and oxygen atoms in total. The Bertz CT molecular complexity index is 407. The largest absolute Gasteiger partial charge is 0.447 e. The smallest absolute Gasteiger partial charge is 0.407 e. The minimum Gasteiger partial charge on any atom is -0.447 e. The topological polar surface area (TPSA) is 163 Å². The van der Waals surface area contributed by atoms with Gasteiger partial charge in [-0.15, -0.1) is 0 Å². The molecule has 1 unspecified atom stereocenters. The van der Waals surface area contributed by atoms with E-state index in [0.29, 0.717) is 0 Å². The van der Waals surface area contributed by atoms with Gasteiger partial charge in [0.25, 0.3) is 0 Å². The zero-order chi connectivity index (χ0) is 16.0. The number of hydrogen-bond donors (Lipinski definition) is 6. The summed E-state index contributed by atoms with van der Waals surface area (Å²) >= 11 is 0. The first kappa shape index (κ1) is 18.1. The zero-order valence-electron chi connectivity index (χ0n) is 11.0. The first-order valence-electron chi connectivity index (χ1n) is 6.23. The van der Waals surface area contributed by atoms with Gasteiger partial charge in [-0.3, -0.25) is 0 Å². The monoisotopic (exact) mass is 329 g/mol. The summed E-state index contributed by atoms with van der Waals surface area (Å²) in [6.45, 7) is -0.357. The van der Waals surface area contributed by atoms with Gasteiger partial charge >= 0.3 is 6.09 Å². The Hall–Kier alpha value is -0.980. The van der Waals surface area contributed by atoms with Crippen LogP contribution in [-0.4, -0.2) is 84.5 Å². The van der Waals surface area contributed by atoms with Crippen molar-refractivity contribution >= 4 is 16.8 Å². The molecule has 0 spiro atoms. The molecule has 0 aliphatic carbocycles. The van der Waals surface area contributed by atoms with Gasteiger partial charge < -0.3 is 35.2 Å². The van der Waals surface area contributed by atoms with Crippen molar-refractivity contribution in [1.29, 1.82) is 0 Å². The van der Waals surface area contributed by atoms with Gasteiger partial charge in [0.05, 0.1) is 0 Å². The Kier molecular flexibility index (Phi) is 7.28. The molecule has 1 heterocycles. The lowest BCUT2D eigenvalue weighted by Gasteiger charge is -2.37. The molecular formula is C10H19NO9S. The van der Waals surface area contributed by atoms with Crippen molar-refractivity contribution in [2.45, 2.75) is 37.1 Å². The molecule has 5 atom stereocenters. The van der Waals surface area contributed by atoms with E-state index in [1.807, 2.05) is 0 Å². The van der Waals surface area contributed by atoms with E-state index in [4.69, 9.17) is 9.47 Å². The molecular weight excluding hydrogens is 310 g/mol. The van der Waals surface area contributed by atoms with Crippen molar-refractivity contribution in [2.75, 3.05) is 18.9 Å². The Labute approximate surface area is 122 Å². The van der Waals surface area contributed by atoms with Crippen molar-refractivity contribution in [2.24, 2.45) is 0 Å². The molecule has 1 fully saturated rings. The van der Waals surface area contributed by atoms with Crippen LogP contribution in [0.1, 0.15) is 6.42 Å². The molecule has 0 aromatic heterocycles. The summed E-state index contributed by atoms with van der Waals surface area (Å²) in [5.74, 6) is -0.0592. The van der Waals surface area contributed by atoms with Crippen LogP contribution >= 0.6 is 0 Å². The minimum atomic E-state index is -2.49. The summed E-state index contributed by atoms with van der Waals surface area (Å²) in [5.41, 5.74) is 0. The summed E-state index contributed by atoms with van der Waals surface area (Å²) in [7, 11) is -2.49. The third kappa shape index (κ3) is 5.73. The first-order valence-corrected chi connectivity index (χ1v) is 7.59. The maximum atomic E-state index is 11.3. The van der Waals surface area contributed by atoms with Crippen LogP contribution < -0.4 is 5.32 Å². The fourth-order valence-corrected chi connectivity index (χ4v) is 2.09. The SMILES string of the molecule is O=C(NCCC[SH](=O)=O)OC[C@H]1OC(O)[C@H](O)[C@@H](O)[C@@H]1O. The van der Waals surface area contributed by atoms with E-state index in [-0.39, 0.29) is 18.7 Å². The molecule has 1 aliphatic rings. The third-order valence-electron chi connectivity index (χ3n) is 2.85. The maximum Gasteiger partial charge on any atom is 0.407 e. The number of aliphatic hydroxyl groups is 4. The Morgan fingerprint density at radius 1 is 1.14 bits per heavy atom. The molecule has 1 amide bonds. The molecule has 0 aromatic carbocycles. The number of alkyl carbamates (subject to hydrolysis) is 1. The number of aliphatic hydroxyl groups excluding tert-OH is 4. The van der Waals surface area contributed by atoms with Gasteiger partial charge in [0.1, 0.15) is 41.7 Å². The van der Waals surface area contributed by atoms with Crippen LogP contribution in [0, 0.1) is 0 Å². The second-order valence-corrected chi connectivity index (χ2v) is 5.58. The summed E-state index contributed by atoms with van der Waals surface area (Å²) in [6.07, 6.45) is -8.32. The Morgan fingerprint density at radius 2 is 1.81 bits per heavy atom. The Balaban J connectivity index is 2.29. The van der Waals surface area contributed by atoms with E-state index >= 15 is 0 Å². The number of hydrogen-bond acceptors (Lipinski definition) is 9. The second-order valence-electron chi connectivity index (χ2n) is 4.47. The van der Waals surface area contributed by atoms with Crippen LogP contribution in [0.4, 0.5) is 4.79 Å². The van der Waals surface area contributed by atoms with Gasteiger partial charge in [-0.25, -0.2) is 13.2 Å². The molecule has 1 aliphatic heterocycles. The molecule has 0 bridgehead atoms. The summed E-state index contributed by atoms with van der Waals surface area (Å²) in [4.78, 5) is 11.3. The number of thiol groups is 1. The molecule has 1 rings (SSSR count). The van der Waals surface area contributed by atoms with Gasteiger partial charge in [-0.2, -0.15) is 0 Å². The highest BCUT2D eigenvalue weighted by atomic mass is 32.2. The van der Waals surface area contributed by atoms with Crippen LogP contribution in [0.5, 0.6) is 0 Å². The van der Waals surface area contributed by atoms with E-state index < -0.39 is 54.1 Å². The van der Waals surface area contributed by atoms with E-state index in [2.05, 4.69) is 5.32 Å². The average molecular weight is 329 g/mol. The van der Waals surface area contributed by atoms with Crippen molar-refractivity contribution in [3.05, 3.63) is 0 Å². The molecule has 0 aromatic rings. The lowest BCUT2D eigenvalue weighted by molar-refractivity contribution is -0.286. The summed E-state index contributed by atoms with van der Waals surface area (Å²) in [5, 5.41) is 39.8. The summed E-state index contributed by atoms with van der Waals surface area (Å²) in [6, 6.07) is 0. The highest BCUT2D eigenvalue weighted by molar-refractivity contribution is 7.72. The van der Waals surface area contributed by atoms with Crippen molar-refractivity contribution < 1.29 is 43.1 Å². The van der Waals surface area contributed by atoms with Gasteiger partial charge in [-0.05, 0) is 6.42 Å². The molecule has 0 radical (unpaired) electrons. The molecule has 21 heavy (non-hydrogen) atoms. The van der Waals surface area contributed by atoms with Crippen molar-refractivity contribution in [3.63, 3.8) is 0 Å². The van der Waals surface area contributed by atoms with E-state index in [0.717, 1.165) is 0 Å². The highest BCUT2D eigenvalue weighted by Crippen LogP contribution is 2.19. The first-order chi connectivity index (χ1) is 9.82. The number of ether oxygens (including phenoxy) is 2. The van der Waals surface area contributed by atoms with Crippen LogP contribution in [0.15, 0.2) is 0 Å². The van der Waals surface area contributed by atoms with Crippen molar-refractivity contribution in [1.82, 2.24) is 5.32 Å². The van der Waals surface area contributed by atoms with E-state index in [9.17, 15) is 33.6 Å². The molecule has 5 N–H and O–H groups in total. The summed E-state index contributed by atoms with van der Waals surface area (Å²) < 4.78 is 30.1. The standard InChI is InChI=1S/C10H19NO9S/c12-6-5(20-9(15)8(14)7(6)13)4-19-10(16)11-2-1-3-21(17)18/h5-9,12-15,21H,1-4H2,(H,11,16)/t5-,6-,7+,8-,9?/m1/s1. The quantitative estimate of drug-likeness (QED) is 0.214. The average Bonchev–Trinajstić information content (AvgIpc) is 2.43. The predicted molar refractivity (Wildman–Crippen MR) is 68.0 cm³/mol. The normalized spacial score (nSPS) is 32.9. The zero-order valence-corrected chi connectivity index (χ0v) is 11.9. The number of carbonyl (C=O) groups is 1. The molecule has 11 heteroatoms. The van der Waals surface area contributed by atoms with Crippen LogP contribution in [-0.2, 0) is 20.2 Å². The van der Waals surface area contributed by atoms with E-state index in [1.54, 1.807) is 0 Å². The van der Waals surface area contributed by atoms with Crippen LogP contribution in [0.25, 0.3) is 0 Å². The molecule has 0 saturated carbocycles. The minimum absolute atomic E-state index is 0.0592. The fourth-order valence-electron chi connectivity index (χ4n) is 1.68. The van der Waals surface area contributed by atoms with Gasteiger partial charge in [0.15, 0.2) is 6.29 Å². The van der Waals surface area contributed by atoms with Crippen molar-refractivity contribution in [3.8, 4) is 0 Å². The van der Waals surface area contributed by atoms with Crippen LogP contribution in [0.3, 0.4) is 0 Å². The number of carbonyl (C=O) groups excluding carboxylic acids is 1. The molecule has 1 saturated heterocycles. The number of rotatable bonds is 6. The van der Waals surface area contributed by atoms with Crippen LogP contribution in [0.2, 0.25) is 0 Å². The van der Waals surface area contributed by atoms with Gasteiger partial charge in [0.2, 0.25) is 0 Å². The third-order valence-corrected chi connectivity index (χ3v) is 3.53. The Morgan fingerprint density at radius 3 is 2.43 bits per heavy atom. The van der Waals surface area contributed by atoms with Gasteiger partial charge in [-0.1, -0.05) is 0 Å².